The van der Waals surface area contributed by atoms with Crippen LogP contribution in [0, 0.1) is 107 Å². The topological polar surface area (TPSA) is 0 Å². The van der Waals surface area contributed by atoms with Crippen molar-refractivity contribution in [3.63, 3.8) is 0 Å². The van der Waals surface area contributed by atoms with Crippen LogP contribution in [0.5, 0.6) is 0 Å². The van der Waals surface area contributed by atoms with Crippen LogP contribution in [0.15, 0.2) is 0 Å². The molecule has 0 saturated carbocycles. The molecule has 0 aliphatic heterocycles. The standard InChI is InChI=1S/C38H78/c1-21(2)31(22(3)4)36(32(23(5)6)24(7)8)38(35(29(17)18)30(19)20)37(33(25(9)10)26(11)12)34(27(13)14)28(15)16/h21-38H,1-20H3. The van der Waals surface area contributed by atoms with Crippen molar-refractivity contribution < 1.29 is 0 Å². The average Bonchev–Trinajstić information content (AvgIpc) is 2.67. The fourth-order valence-corrected chi connectivity index (χ4v) is 10.6. The van der Waals surface area contributed by atoms with E-state index < -0.39 is 0 Å². The summed E-state index contributed by atoms with van der Waals surface area (Å²) in [5.41, 5.74) is 0. The molecule has 0 N–H and O–H groups in total. The second-order valence-electron chi connectivity index (χ2n) is 17.1. The maximum absolute atomic E-state index is 2.56. The molecule has 0 aliphatic carbocycles. The van der Waals surface area contributed by atoms with E-state index in [0.29, 0.717) is 59.2 Å². The first-order chi connectivity index (χ1) is 17.2. The van der Waals surface area contributed by atoms with Crippen LogP contribution in [-0.4, -0.2) is 0 Å². The SMILES string of the molecule is CC(C)C(C(C)C)C(C(C(C)C)C(C)C)C(C(C(C)C)C(C)C)C(C(C(C)C)C(C)C)C(C(C)C)C(C)C. The minimum absolute atomic E-state index is 0.699. The fourth-order valence-electron chi connectivity index (χ4n) is 10.6. The molecule has 0 heterocycles. The molecular weight excluding hydrogens is 456 g/mol. The van der Waals surface area contributed by atoms with Crippen LogP contribution < -0.4 is 0 Å². The van der Waals surface area contributed by atoms with Gasteiger partial charge in [0.2, 0.25) is 0 Å². The summed E-state index contributed by atoms with van der Waals surface area (Å²) in [6.45, 7) is 51.0. The third-order valence-electron chi connectivity index (χ3n) is 10.8. The Balaban J connectivity index is 8.12. The molecule has 0 aromatic rings. The normalized spacial score (nSPS) is 14.4. The minimum atomic E-state index is 0.699. The highest BCUT2D eigenvalue weighted by Gasteiger charge is 2.52. The molecule has 0 aliphatic rings. The first-order valence-electron chi connectivity index (χ1n) is 17.2. The second kappa shape index (κ2) is 16.4. The zero-order valence-corrected chi connectivity index (χ0v) is 30.4. The van der Waals surface area contributed by atoms with Crippen LogP contribution >= 0.6 is 0 Å². The van der Waals surface area contributed by atoms with E-state index in [2.05, 4.69) is 138 Å². The Bertz CT molecular complexity index is 478. The van der Waals surface area contributed by atoms with Gasteiger partial charge in [0.15, 0.2) is 0 Å². The maximum atomic E-state index is 2.56. The van der Waals surface area contributed by atoms with Crippen molar-refractivity contribution in [3.8, 4) is 0 Å². The summed E-state index contributed by atoms with van der Waals surface area (Å²) in [4.78, 5) is 0. The Labute approximate surface area is 244 Å². The lowest BCUT2D eigenvalue weighted by Crippen LogP contribution is -2.53. The van der Waals surface area contributed by atoms with Gasteiger partial charge in [0.05, 0.1) is 0 Å². The number of rotatable bonds is 17. The summed E-state index contributed by atoms with van der Waals surface area (Å²) in [5.74, 6) is 13.0. The molecule has 230 valence electrons. The van der Waals surface area contributed by atoms with Gasteiger partial charge in [-0.25, -0.2) is 0 Å². The van der Waals surface area contributed by atoms with Gasteiger partial charge >= 0.3 is 0 Å². The van der Waals surface area contributed by atoms with E-state index in [4.69, 9.17) is 0 Å². The highest BCUT2D eigenvalue weighted by atomic mass is 14.6. The summed E-state index contributed by atoms with van der Waals surface area (Å²) in [6, 6.07) is 0. The van der Waals surface area contributed by atoms with Crippen LogP contribution in [0.3, 0.4) is 0 Å². The van der Waals surface area contributed by atoms with Crippen molar-refractivity contribution in [1.82, 2.24) is 0 Å². The Hall–Kier alpha value is 0. The fraction of sp³-hybridized carbons (Fsp3) is 1.00. The van der Waals surface area contributed by atoms with Crippen molar-refractivity contribution in [1.29, 1.82) is 0 Å². The van der Waals surface area contributed by atoms with Gasteiger partial charge in [-0.2, -0.15) is 0 Å². The Kier molecular flexibility index (Phi) is 16.4. The van der Waals surface area contributed by atoms with Gasteiger partial charge in [-0.3, -0.25) is 0 Å². The van der Waals surface area contributed by atoms with Crippen LogP contribution in [0.1, 0.15) is 138 Å². The molecule has 0 saturated heterocycles. The molecule has 0 atom stereocenters. The third kappa shape index (κ3) is 9.54. The molecule has 0 unspecified atom stereocenters. The molecule has 0 radical (unpaired) electrons. The first kappa shape index (κ1) is 38.0. The molecule has 0 spiro atoms. The molecule has 0 rings (SSSR count). The molecule has 0 fully saturated rings. The van der Waals surface area contributed by atoms with E-state index in [-0.39, 0.29) is 0 Å². The van der Waals surface area contributed by atoms with Crippen molar-refractivity contribution in [3.05, 3.63) is 0 Å². The largest absolute Gasteiger partial charge is 0.0625 e. The summed E-state index contributed by atoms with van der Waals surface area (Å²) in [5, 5.41) is 0. The van der Waals surface area contributed by atoms with Gasteiger partial charge in [-0.15, -0.1) is 0 Å². The van der Waals surface area contributed by atoms with Crippen LogP contribution in [0.2, 0.25) is 0 Å². The van der Waals surface area contributed by atoms with Crippen molar-refractivity contribution >= 4 is 0 Å². The van der Waals surface area contributed by atoms with Crippen LogP contribution in [0.25, 0.3) is 0 Å². The first-order valence-corrected chi connectivity index (χ1v) is 17.2. The summed E-state index contributed by atoms with van der Waals surface area (Å²) >= 11 is 0. The molecule has 0 bridgehead atoms. The lowest BCUT2D eigenvalue weighted by Gasteiger charge is -2.57. The molecule has 0 aromatic heterocycles. The van der Waals surface area contributed by atoms with Crippen molar-refractivity contribution in [2.24, 2.45) is 107 Å². The molecule has 0 aromatic carbocycles. The second-order valence-corrected chi connectivity index (χ2v) is 17.1. The monoisotopic (exact) mass is 535 g/mol. The average molecular weight is 535 g/mol. The maximum Gasteiger partial charge on any atom is -0.0313 e. The Morgan fingerprint density at radius 3 is 0.289 bits per heavy atom. The highest BCUT2D eigenvalue weighted by Crippen LogP contribution is 2.57. The molecule has 0 heteroatoms. The zero-order chi connectivity index (χ0) is 30.4. The van der Waals surface area contributed by atoms with Crippen molar-refractivity contribution in [2.75, 3.05) is 0 Å². The lowest BCUT2D eigenvalue weighted by molar-refractivity contribution is -0.0974. The third-order valence-corrected chi connectivity index (χ3v) is 10.8. The molecule has 38 heavy (non-hydrogen) atoms. The number of hydrogen-bond donors (Lipinski definition) is 0. The Morgan fingerprint density at radius 2 is 0.211 bits per heavy atom. The summed E-state index contributed by atoms with van der Waals surface area (Å²) < 4.78 is 0. The van der Waals surface area contributed by atoms with Gasteiger partial charge < -0.3 is 0 Å². The molecular formula is C38H78. The molecule has 0 amide bonds. The van der Waals surface area contributed by atoms with Gasteiger partial charge in [0.1, 0.15) is 0 Å². The van der Waals surface area contributed by atoms with Gasteiger partial charge in [0.25, 0.3) is 0 Å². The van der Waals surface area contributed by atoms with Gasteiger partial charge in [0, 0.05) is 0 Å². The summed E-state index contributed by atoms with van der Waals surface area (Å²) in [7, 11) is 0. The smallest absolute Gasteiger partial charge is 0.0313 e. The van der Waals surface area contributed by atoms with Gasteiger partial charge in [-0.05, 0) is 107 Å². The van der Waals surface area contributed by atoms with E-state index in [1.807, 2.05) is 0 Å². The van der Waals surface area contributed by atoms with E-state index >= 15 is 0 Å². The van der Waals surface area contributed by atoms with Crippen molar-refractivity contribution in [2.45, 2.75) is 138 Å². The van der Waals surface area contributed by atoms with E-state index in [1.165, 1.54) is 0 Å². The van der Waals surface area contributed by atoms with E-state index in [9.17, 15) is 0 Å². The predicted molar refractivity (Wildman–Crippen MR) is 176 cm³/mol. The highest BCUT2D eigenvalue weighted by molar-refractivity contribution is 5.00. The number of hydrogen-bond acceptors (Lipinski definition) is 0. The van der Waals surface area contributed by atoms with Crippen LogP contribution in [-0.2, 0) is 0 Å². The lowest BCUT2D eigenvalue weighted by atomic mass is 9.48. The molecule has 0 nitrogen and oxygen atoms in total. The van der Waals surface area contributed by atoms with E-state index in [1.54, 1.807) is 0 Å². The Morgan fingerprint density at radius 1 is 0.132 bits per heavy atom. The van der Waals surface area contributed by atoms with E-state index in [0.717, 1.165) is 47.3 Å². The van der Waals surface area contributed by atoms with Crippen LogP contribution in [0.4, 0.5) is 0 Å². The quantitative estimate of drug-likeness (QED) is 0.174. The minimum Gasteiger partial charge on any atom is -0.0625 e. The summed E-state index contributed by atoms with van der Waals surface area (Å²) in [6.07, 6.45) is 0. The van der Waals surface area contributed by atoms with Gasteiger partial charge in [-0.1, -0.05) is 138 Å². The zero-order valence-electron chi connectivity index (χ0n) is 30.4. The predicted octanol–water partition coefficient (Wildman–Crippen LogP) is 12.5.